The van der Waals surface area contributed by atoms with E-state index in [-0.39, 0.29) is 5.66 Å². The molecule has 45 heavy (non-hydrogen) atoms. The predicted octanol–water partition coefficient (Wildman–Crippen LogP) is 13.0. The van der Waals surface area contributed by atoms with Crippen molar-refractivity contribution in [3.8, 4) is 0 Å². The fourth-order valence-electron chi connectivity index (χ4n) is 7.80. The van der Waals surface area contributed by atoms with Crippen molar-refractivity contribution in [2.45, 2.75) is 174 Å². The first-order valence-corrected chi connectivity index (χ1v) is 19.6. The zero-order valence-electron chi connectivity index (χ0n) is 29.9. The quantitative estimate of drug-likeness (QED) is 0.0924. The molecule has 0 spiro atoms. The topological polar surface area (TPSA) is 6.48 Å². The number of unbranched alkanes of at least 4 members (excludes halogenated alkanes) is 18. The van der Waals surface area contributed by atoms with Crippen molar-refractivity contribution in [2.75, 3.05) is 13.1 Å². The molecule has 2 aromatic rings. The number of hydrogen-bond acceptors (Lipinski definition) is 2. The molecule has 0 radical (unpaired) electrons. The number of hydrogen-bond donors (Lipinski definition) is 0. The molecule has 2 unspecified atom stereocenters. The summed E-state index contributed by atoms with van der Waals surface area (Å²) >= 11 is 0. The van der Waals surface area contributed by atoms with Gasteiger partial charge in [-0.05, 0) is 30.4 Å². The second kappa shape index (κ2) is 23.2. The molecule has 0 N–H and O–H groups in total. The summed E-state index contributed by atoms with van der Waals surface area (Å²) in [5.74, 6) is 0.446. The monoisotopic (exact) mass is 615 g/mol. The molecular formula is C43H70N2. The minimum absolute atomic E-state index is 0.0553. The highest BCUT2D eigenvalue weighted by atomic mass is 15.4. The van der Waals surface area contributed by atoms with Gasteiger partial charge in [-0.25, -0.2) is 0 Å². The second-order valence-corrected chi connectivity index (χ2v) is 14.0. The Balaban J connectivity index is 1.48. The van der Waals surface area contributed by atoms with Gasteiger partial charge in [-0.2, -0.15) is 0 Å². The van der Waals surface area contributed by atoms with Gasteiger partial charge in [0.15, 0.2) is 0 Å². The van der Waals surface area contributed by atoms with Crippen molar-refractivity contribution in [1.82, 2.24) is 9.80 Å². The van der Waals surface area contributed by atoms with Gasteiger partial charge in [-0.3, -0.25) is 0 Å². The van der Waals surface area contributed by atoms with Crippen LogP contribution in [0.25, 0.3) is 0 Å². The Morgan fingerprint density at radius 3 is 1.29 bits per heavy atom. The lowest BCUT2D eigenvalue weighted by Crippen LogP contribution is -2.59. The van der Waals surface area contributed by atoms with Gasteiger partial charge in [0.2, 0.25) is 0 Å². The third-order valence-electron chi connectivity index (χ3n) is 10.4. The molecule has 2 aromatic carbocycles. The smallest absolute Gasteiger partial charge is 0.123 e. The maximum atomic E-state index is 2.76. The van der Waals surface area contributed by atoms with Crippen molar-refractivity contribution in [2.24, 2.45) is 0 Å². The van der Waals surface area contributed by atoms with Gasteiger partial charge in [-0.1, -0.05) is 197 Å². The van der Waals surface area contributed by atoms with Crippen molar-refractivity contribution >= 4 is 0 Å². The molecule has 252 valence electrons. The molecule has 2 nitrogen and oxygen atoms in total. The first-order valence-electron chi connectivity index (χ1n) is 19.6. The van der Waals surface area contributed by atoms with Crippen LogP contribution in [0, 0.1) is 0 Å². The third-order valence-corrected chi connectivity index (χ3v) is 10.4. The average molecular weight is 615 g/mol. The molecule has 0 bridgehead atoms. The maximum absolute atomic E-state index is 2.76. The van der Waals surface area contributed by atoms with Crippen LogP contribution in [0.2, 0.25) is 0 Å². The maximum Gasteiger partial charge on any atom is 0.123 e. The standard InChI is InChI=1S/C43H70N2/c1-4-7-9-10-11-12-13-14-15-16-17-18-19-20-21-22-30-36-45-38-37-44(35-29-8-5-2)43(45,39-40-31-25-23-26-32-40)42(6-3)41-33-27-24-28-34-41/h23-28,31-34,37-38,42H,4-22,29-30,35-36,39H2,1-3H3. The first kappa shape index (κ1) is 37.2. The van der Waals surface area contributed by atoms with Crippen molar-refractivity contribution in [3.05, 3.63) is 84.2 Å². The highest BCUT2D eigenvalue weighted by Crippen LogP contribution is 2.45. The van der Waals surface area contributed by atoms with Gasteiger partial charge in [0, 0.05) is 37.8 Å². The summed E-state index contributed by atoms with van der Waals surface area (Å²) in [7, 11) is 0. The van der Waals surface area contributed by atoms with E-state index in [1.807, 2.05) is 0 Å². The Kier molecular flexibility index (Phi) is 19.2. The van der Waals surface area contributed by atoms with Crippen molar-refractivity contribution in [3.63, 3.8) is 0 Å². The summed E-state index contributed by atoms with van der Waals surface area (Å²) in [6.45, 7) is 9.31. The van der Waals surface area contributed by atoms with E-state index in [1.165, 1.54) is 140 Å². The van der Waals surface area contributed by atoms with Crippen LogP contribution in [-0.4, -0.2) is 28.6 Å². The van der Waals surface area contributed by atoms with E-state index in [0.717, 1.165) is 25.9 Å². The van der Waals surface area contributed by atoms with Gasteiger partial charge in [-0.15, -0.1) is 0 Å². The Labute approximate surface area is 280 Å². The van der Waals surface area contributed by atoms with Gasteiger partial charge < -0.3 is 9.80 Å². The molecule has 1 aliphatic rings. The SMILES string of the molecule is CCCCCCCCCCCCCCCCCCCN1C=CN(CCCCC)C1(Cc1ccccc1)C(CC)c1ccccc1. The summed E-state index contributed by atoms with van der Waals surface area (Å²) in [5, 5.41) is 0. The molecular weight excluding hydrogens is 544 g/mol. The molecule has 0 fully saturated rings. The summed E-state index contributed by atoms with van der Waals surface area (Å²) in [5.41, 5.74) is 2.87. The lowest BCUT2D eigenvalue weighted by Gasteiger charge is -2.51. The average Bonchev–Trinajstić information content (AvgIpc) is 3.40. The fourth-order valence-corrected chi connectivity index (χ4v) is 7.80. The number of rotatable bonds is 27. The minimum Gasteiger partial charge on any atom is -0.353 e. The summed E-state index contributed by atoms with van der Waals surface area (Å²) in [4.78, 5) is 5.50. The fraction of sp³-hybridized carbons (Fsp3) is 0.674. The Morgan fingerprint density at radius 1 is 0.467 bits per heavy atom. The van der Waals surface area contributed by atoms with Crippen LogP contribution in [0.5, 0.6) is 0 Å². The van der Waals surface area contributed by atoms with E-state index in [4.69, 9.17) is 0 Å². The molecule has 0 amide bonds. The minimum atomic E-state index is -0.0553. The summed E-state index contributed by atoms with van der Waals surface area (Å²) in [6, 6.07) is 22.7. The molecule has 0 saturated carbocycles. The third kappa shape index (κ3) is 12.8. The van der Waals surface area contributed by atoms with Crippen molar-refractivity contribution < 1.29 is 0 Å². The van der Waals surface area contributed by atoms with Gasteiger partial charge in [0.1, 0.15) is 5.66 Å². The van der Waals surface area contributed by atoms with Gasteiger partial charge in [0.25, 0.3) is 0 Å². The van der Waals surface area contributed by atoms with E-state index < -0.39 is 0 Å². The van der Waals surface area contributed by atoms with Crippen LogP contribution < -0.4 is 0 Å². The molecule has 0 aliphatic carbocycles. The molecule has 2 atom stereocenters. The lowest BCUT2D eigenvalue weighted by molar-refractivity contribution is -0.00373. The molecule has 2 heteroatoms. The molecule has 1 aliphatic heterocycles. The van der Waals surface area contributed by atoms with Gasteiger partial charge >= 0.3 is 0 Å². The zero-order valence-corrected chi connectivity index (χ0v) is 29.9. The van der Waals surface area contributed by atoms with Crippen LogP contribution in [-0.2, 0) is 6.42 Å². The van der Waals surface area contributed by atoms with Crippen LogP contribution >= 0.6 is 0 Å². The second-order valence-electron chi connectivity index (χ2n) is 14.0. The lowest BCUT2D eigenvalue weighted by atomic mass is 9.78. The molecule has 3 rings (SSSR count). The van der Waals surface area contributed by atoms with Gasteiger partial charge in [0.05, 0.1) is 0 Å². The Morgan fingerprint density at radius 2 is 0.844 bits per heavy atom. The van der Waals surface area contributed by atoms with Crippen LogP contribution in [0.1, 0.15) is 173 Å². The summed E-state index contributed by atoms with van der Waals surface area (Å²) in [6.07, 6.45) is 35.1. The molecule has 0 aromatic heterocycles. The van der Waals surface area contributed by atoms with E-state index in [0.29, 0.717) is 5.92 Å². The molecule has 0 saturated heterocycles. The highest BCUT2D eigenvalue weighted by molar-refractivity contribution is 5.30. The predicted molar refractivity (Wildman–Crippen MR) is 199 cm³/mol. The van der Waals surface area contributed by atoms with E-state index in [9.17, 15) is 0 Å². The number of benzene rings is 2. The normalized spacial score (nSPS) is 17.0. The highest BCUT2D eigenvalue weighted by Gasteiger charge is 2.49. The first-order chi connectivity index (χ1) is 22.3. The van der Waals surface area contributed by atoms with E-state index in [2.05, 4.69) is 104 Å². The van der Waals surface area contributed by atoms with Crippen molar-refractivity contribution in [1.29, 1.82) is 0 Å². The summed E-state index contributed by atoms with van der Waals surface area (Å²) < 4.78 is 0. The van der Waals surface area contributed by atoms with Crippen LogP contribution in [0.4, 0.5) is 0 Å². The number of nitrogens with zero attached hydrogens (tertiary/aromatic N) is 2. The Bertz CT molecular complexity index is 985. The zero-order chi connectivity index (χ0) is 31.8. The van der Waals surface area contributed by atoms with Crippen LogP contribution in [0.15, 0.2) is 73.1 Å². The van der Waals surface area contributed by atoms with E-state index in [1.54, 1.807) is 0 Å². The largest absolute Gasteiger partial charge is 0.353 e. The molecule has 1 heterocycles. The van der Waals surface area contributed by atoms with Crippen LogP contribution in [0.3, 0.4) is 0 Å². The Hall–Kier alpha value is -2.22. The van der Waals surface area contributed by atoms with E-state index >= 15 is 0 Å².